The molecule has 1 saturated heterocycles. The number of ether oxygens (including phenoxy) is 1. The van der Waals surface area contributed by atoms with Gasteiger partial charge in [0.1, 0.15) is 12.4 Å². The summed E-state index contributed by atoms with van der Waals surface area (Å²) < 4.78 is 11.2. The van der Waals surface area contributed by atoms with Crippen LogP contribution < -0.4 is 10.5 Å². The first kappa shape index (κ1) is 19.0. The number of likely N-dealkylation sites (tertiary alicyclic amines) is 1. The summed E-state index contributed by atoms with van der Waals surface area (Å²) in [6.07, 6.45) is 4.57. The van der Waals surface area contributed by atoms with Crippen LogP contribution in [0.5, 0.6) is 5.75 Å². The van der Waals surface area contributed by atoms with E-state index in [1.54, 1.807) is 6.07 Å². The van der Waals surface area contributed by atoms with Gasteiger partial charge in [-0.3, -0.25) is 9.59 Å². The zero-order chi connectivity index (χ0) is 19.2. The van der Waals surface area contributed by atoms with Gasteiger partial charge in [0.2, 0.25) is 5.91 Å². The van der Waals surface area contributed by atoms with Crippen LogP contribution in [0.3, 0.4) is 0 Å². The number of piperidine rings is 1. The third-order valence-corrected chi connectivity index (χ3v) is 4.97. The van der Waals surface area contributed by atoms with Crippen molar-refractivity contribution < 1.29 is 18.7 Å². The third kappa shape index (κ3) is 5.12. The summed E-state index contributed by atoms with van der Waals surface area (Å²) in [6, 6.07) is 9.44. The maximum absolute atomic E-state index is 12.9. The van der Waals surface area contributed by atoms with Crippen LogP contribution in [0, 0.1) is 12.8 Å². The van der Waals surface area contributed by atoms with E-state index in [9.17, 15) is 9.59 Å². The molecule has 0 spiro atoms. The van der Waals surface area contributed by atoms with Gasteiger partial charge in [0, 0.05) is 19.5 Å². The molecular weight excluding hydrogens is 344 g/mol. The molecule has 1 atom stereocenters. The minimum Gasteiger partial charge on any atom is -0.486 e. The molecule has 2 amide bonds. The highest BCUT2D eigenvalue weighted by Gasteiger charge is 2.27. The minimum absolute atomic E-state index is 0.0463. The average Bonchev–Trinajstić information content (AvgIpc) is 3.14. The summed E-state index contributed by atoms with van der Waals surface area (Å²) in [4.78, 5) is 25.8. The molecule has 1 unspecified atom stereocenters. The van der Waals surface area contributed by atoms with E-state index in [1.807, 2.05) is 36.1 Å². The number of benzene rings is 1. The molecule has 1 aliphatic rings. The fourth-order valence-corrected chi connectivity index (χ4v) is 3.43. The number of aryl methyl sites for hydroxylation is 1. The fourth-order valence-electron chi connectivity index (χ4n) is 3.43. The van der Waals surface area contributed by atoms with Crippen molar-refractivity contribution in [1.82, 2.24) is 4.90 Å². The Labute approximate surface area is 159 Å². The first-order valence-corrected chi connectivity index (χ1v) is 9.36. The van der Waals surface area contributed by atoms with Gasteiger partial charge in [-0.25, -0.2) is 0 Å². The largest absolute Gasteiger partial charge is 0.486 e. The predicted molar refractivity (Wildman–Crippen MR) is 101 cm³/mol. The minimum atomic E-state index is -0.288. The monoisotopic (exact) mass is 370 g/mol. The Morgan fingerprint density at radius 1 is 1.26 bits per heavy atom. The van der Waals surface area contributed by atoms with Gasteiger partial charge >= 0.3 is 0 Å². The van der Waals surface area contributed by atoms with Crippen molar-refractivity contribution in [3.05, 3.63) is 53.5 Å². The smallest absolute Gasteiger partial charge is 0.257 e. The molecule has 6 heteroatoms. The highest BCUT2D eigenvalue weighted by atomic mass is 16.5. The van der Waals surface area contributed by atoms with Crippen molar-refractivity contribution >= 4 is 11.8 Å². The van der Waals surface area contributed by atoms with Gasteiger partial charge in [-0.15, -0.1) is 0 Å². The van der Waals surface area contributed by atoms with Crippen LogP contribution in [0.25, 0.3) is 0 Å². The summed E-state index contributed by atoms with van der Waals surface area (Å²) in [6.45, 7) is 3.59. The average molecular weight is 370 g/mol. The Bertz CT molecular complexity index is 782. The number of hydrogen-bond acceptors (Lipinski definition) is 4. The van der Waals surface area contributed by atoms with E-state index in [0.29, 0.717) is 30.2 Å². The zero-order valence-corrected chi connectivity index (χ0v) is 15.6. The van der Waals surface area contributed by atoms with Crippen molar-refractivity contribution in [3.63, 3.8) is 0 Å². The zero-order valence-electron chi connectivity index (χ0n) is 15.6. The van der Waals surface area contributed by atoms with Gasteiger partial charge in [-0.1, -0.05) is 17.7 Å². The molecule has 0 saturated carbocycles. The molecule has 2 heterocycles. The van der Waals surface area contributed by atoms with Crippen molar-refractivity contribution in [3.8, 4) is 5.75 Å². The first-order valence-electron chi connectivity index (χ1n) is 9.36. The van der Waals surface area contributed by atoms with Crippen LogP contribution in [-0.2, 0) is 11.4 Å². The molecule has 6 nitrogen and oxygen atoms in total. The molecule has 27 heavy (non-hydrogen) atoms. The summed E-state index contributed by atoms with van der Waals surface area (Å²) in [5.41, 5.74) is 6.94. The number of nitrogens with two attached hydrogens (primary N) is 1. The molecule has 0 radical (unpaired) electrons. The topological polar surface area (TPSA) is 85.8 Å². The highest BCUT2D eigenvalue weighted by Crippen LogP contribution is 2.24. The van der Waals surface area contributed by atoms with E-state index in [-0.39, 0.29) is 18.4 Å². The lowest BCUT2D eigenvalue weighted by molar-refractivity contribution is -0.118. The van der Waals surface area contributed by atoms with Crippen LogP contribution in [0.15, 0.2) is 41.0 Å². The molecule has 1 fully saturated rings. The van der Waals surface area contributed by atoms with Crippen molar-refractivity contribution in [1.29, 1.82) is 0 Å². The van der Waals surface area contributed by atoms with Crippen molar-refractivity contribution in [2.45, 2.75) is 39.2 Å². The Morgan fingerprint density at radius 2 is 2.04 bits per heavy atom. The number of furan rings is 1. The van der Waals surface area contributed by atoms with Crippen molar-refractivity contribution in [2.24, 2.45) is 11.7 Å². The number of nitrogens with zero attached hydrogens (tertiary/aromatic N) is 1. The maximum Gasteiger partial charge on any atom is 0.257 e. The molecule has 0 bridgehead atoms. The fraction of sp³-hybridized carbons (Fsp3) is 0.429. The molecule has 1 aromatic heterocycles. The van der Waals surface area contributed by atoms with Crippen LogP contribution in [0.1, 0.15) is 47.4 Å². The molecule has 1 aromatic carbocycles. The number of rotatable bonds is 7. The first-order chi connectivity index (χ1) is 13.0. The molecule has 144 valence electrons. The van der Waals surface area contributed by atoms with E-state index >= 15 is 0 Å². The maximum atomic E-state index is 12.9. The Morgan fingerprint density at radius 3 is 2.78 bits per heavy atom. The standard InChI is InChI=1S/C21H26N2O4/c1-15-4-7-17(8-5-15)27-14-19-18(10-12-26-19)21(25)23-11-2-3-16(13-23)6-9-20(22)24/h4-5,7-8,10,12,16H,2-3,6,9,11,13-14H2,1H3,(H2,22,24). The second-order valence-corrected chi connectivity index (χ2v) is 7.12. The van der Waals surface area contributed by atoms with Gasteiger partial charge in [0.05, 0.1) is 11.8 Å². The summed E-state index contributed by atoms with van der Waals surface area (Å²) in [5.74, 6) is 1.24. The summed E-state index contributed by atoms with van der Waals surface area (Å²) in [5, 5.41) is 0. The molecule has 1 aliphatic heterocycles. The number of carbonyl (C=O) groups excluding carboxylic acids is 2. The molecular formula is C21H26N2O4. The molecule has 3 rings (SSSR count). The van der Waals surface area contributed by atoms with E-state index in [4.69, 9.17) is 14.9 Å². The van der Waals surface area contributed by atoms with Crippen LogP contribution in [-0.4, -0.2) is 29.8 Å². The van der Waals surface area contributed by atoms with E-state index < -0.39 is 0 Å². The SMILES string of the molecule is Cc1ccc(OCc2occc2C(=O)N2CCCC(CCC(N)=O)C2)cc1. The Hall–Kier alpha value is -2.76. The van der Waals surface area contributed by atoms with E-state index in [0.717, 1.165) is 37.1 Å². The Kier molecular flexibility index (Phi) is 6.16. The number of primary amides is 1. The molecule has 2 aromatic rings. The number of carbonyl (C=O) groups is 2. The Balaban J connectivity index is 1.61. The van der Waals surface area contributed by atoms with Crippen LogP contribution >= 0.6 is 0 Å². The number of hydrogen-bond donors (Lipinski definition) is 1. The third-order valence-electron chi connectivity index (χ3n) is 4.97. The van der Waals surface area contributed by atoms with Gasteiger partial charge in [0.15, 0.2) is 5.76 Å². The lowest BCUT2D eigenvalue weighted by Gasteiger charge is -2.32. The lowest BCUT2D eigenvalue weighted by atomic mass is 9.93. The number of amides is 2. The summed E-state index contributed by atoms with van der Waals surface area (Å²) >= 11 is 0. The lowest BCUT2D eigenvalue weighted by Crippen LogP contribution is -2.40. The van der Waals surface area contributed by atoms with E-state index in [1.165, 1.54) is 6.26 Å². The van der Waals surface area contributed by atoms with Crippen molar-refractivity contribution in [2.75, 3.05) is 13.1 Å². The predicted octanol–water partition coefficient (Wildman–Crippen LogP) is 3.28. The van der Waals surface area contributed by atoms with Gasteiger partial charge in [-0.05, 0) is 50.3 Å². The van der Waals surface area contributed by atoms with E-state index in [2.05, 4.69) is 0 Å². The van der Waals surface area contributed by atoms with Crippen LogP contribution in [0.2, 0.25) is 0 Å². The quantitative estimate of drug-likeness (QED) is 0.810. The second-order valence-electron chi connectivity index (χ2n) is 7.12. The molecule has 2 N–H and O–H groups in total. The molecule has 0 aliphatic carbocycles. The summed E-state index contributed by atoms with van der Waals surface area (Å²) in [7, 11) is 0. The van der Waals surface area contributed by atoms with Gasteiger partial charge in [0.25, 0.3) is 5.91 Å². The van der Waals surface area contributed by atoms with Crippen LogP contribution in [0.4, 0.5) is 0 Å². The highest BCUT2D eigenvalue weighted by molar-refractivity contribution is 5.95. The normalized spacial score (nSPS) is 16.9. The van der Waals surface area contributed by atoms with Gasteiger partial charge < -0.3 is 19.8 Å². The van der Waals surface area contributed by atoms with Gasteiger partial charge in [-0.2, -0.15) is 0 Å². The second kappa shape index (κ2) is 8.75.